The van der Waals surface area contributed by atoms with Gasteiger partial charge >= 0.3 is 0 Å². The lowest BCUT2D eigenvalue weighted by molar-refractivity contribution is -0.384. The van der Waals surface area contributed by atoms with Crippen molar-refractivity contribution in [2.45, 2.75) is 0 Å². The molecule has 38 heavy (non-hydrogen) atoms. The predicted molar refractivity (Wildman–Crippen MR) is 144 cm³/mol. The van der Waals surface area contributed by atoms with E-state index in [1.54, 1.807) is 12.1 Å². The molecule has 0 aliphatic rings. The average Bonchev–Trinajstić information content (AvgIpc) is 2.88. The third kappa shape index (κ3) is 7.36. The molecule has 2 amide bonds. The van der Waals surface area contributed by atoms with E-state index in [1.807, 2.05) is 0 Å². The largest absolute Gasteiger partial charge is 0.493 e. The van der Waals surface area contributed by atoms with Gasteiger partial charge in [0.2, 0.25) is 0 Å². The third-order valence-electron chi connectivity index (χ3n) is 4.79. The summed E-state index contributed by atoms with van der Waals surface area (Å²) in [6.07, 6.45) is 1.25. The van der Waals surface area contributed by atoms with E-state index in [-0.39, 0.29) is 38.5 Å². The normalized spacial score (nSPS) is 10.8. The zero-order valence-corrected chi connectivity index (χ0v) is 21.7. The van der Waals surface area contributed by atoms with Gasteiger partial charge in [-0.25, -0.2) is 0 Å². The Morgan fingerprint density at radius 3 is 2.42 bits per heavy atom. The number of methoxy groups -OCH3 is 1. The van der Waals surface area contributed by atoms with Crippen LogP contribution in [0, 0.1) is 21.4 Å². The molecular weight excluding hydrogens is 559 g/mol. The first-order valence-corrected chi connectivity index (χ1v) is 11.7. The number of nitro groups is 1. The van der Waals surface area contributed by atoms with Crippen molar-refractivity contribution < 1.29 is 24.0 Å². The Labute approximate surface area is 231 Å². The predicted octanol–water partition coefficient (Wildman–Crippen LogP) is 6.13. The van der Waals surface area contributed by atoms with Crippen molar-refractivity contribution in [3.63, 3.8) is 0 Å². The fourth-order valence-electron chi connectivity index (χ4n) is 3.08. The van der Waals surface area contributed by atoms with Gasteiger partial charge in [-0.2, -0.15) is 5.26 Å². The lowest BCUT2D eigenvalue weighted by atomic mass is 10.1. The van der Waals surface area contributed by atoms with Crippen LogP contribution in [0.25, 0.3) is 6.08 Å². The SMILES string of the molecule is COc1cc(/C=C(/C#N)C(=O)Nc2cccc([N+](=O)[O-])c2)cc(Cl)c1OCC(=O)Nc1ccc(Cl)c(Cl)c1. The lowest BCUT2D eigenvalue weighted by Gasteiger charge is -2.14. The molecule has 0 heterocycles. The summed E-state index contributed by atoms with van der Waals surface area (Å²) >= 11 is 18.1. The topological polar surface area (TPSA) is 144 Å². The number of hydrogen-bond acceptors (Lipinski definition) is 7. The minimum atomic E-state index is -0.789. The Balaban J connectivity index is 1.74. The quantitative estimate of drug-likeness (QED) is 0.135. The highest BCUT2D eigenvalue weighted by molar-refractivity contribution is 6.42. The molecule has 0 fully saturated rings. The number of rotatable bonds is 9. The molecule has 3 rings (SSSR count). The molecule has 3 aromatic carbocycles. The van der Waals surface area contributed by atoms with Crippen LogP contribution in [-0.2, 0) is 9.59 Å². The van der Waals surface area contributed by atoms with E-state index < -0.39 is 23.3 Å². The number of carbonyl (C=O) groups excluding carboxylic acids is 2. The number of non-ortho nitro benzene ring substituents is 1. The molecule has 0 aliphatic carbocycles. The number of carbonyl (C=O) groups is 2. The minimum Gasteiger partial charge on any atom is -0.493 e. The first-order valence-electron chi connectivity index (χ1n) is 10.5. The molecule has 0 bridgehead atoms. The van der Waals surface area contributed by atoms with Crippen molar-refractivity contribution in [3.05, 3.63) is 90.9 Å². The highest BCUT2D eigenvalue weighted by atomic mass is 35.5. The number of nitro benzene ring substituents is 1. The van der Waals surface area contributed by atoms with Gasteiger partial charge in [-0.15, -0.1) is 0 Å². The molecule has 3 aromatic rings. The summed E-state index contributed by atoms with van der Waals surface area (Å²) in [7, 11) is 1.35. The number of nitriles is 1. The van der Waals surface area contributed by atoms with Crippen LogP contribution in [0.3, 0.4) is 0 Å². The summed E-state index contributed by atoms with van der Waals surface area (Å²) < 4.78 is 10.8. The van der Waals surface area contributed by atoms with Crippen molar-refractivity contribution in [3.8, 4) is 17.6 Å². The van der Waals surface area contributed by atoms with Gasteiger partial charge in [0.15, 0.2) is 18.1 Å². The molecule has 13 heteroatoms. The van der Waals surface area contributed by atoms with Gasteiger partial charge in [0.05, 0.1) is 27.1 Å². The molecule has 0 saturated heterocycles. The molecule has 0 unspecified atom stereocenters. The molecule has 0 atom stereocenters. The van der Waals surface area contributed by atoms with Crippen LogP contribution in [0.4, 0.5) is 17.1 Å². The summed E-state index contributed by atoms with van der Waals surface area (Å²) in [6.45, 7) is -0.416. The Morgan fingerprint density at radius 2 is 1.76 bits per heavy atom. The molecule has 0 spiro atoms. The Kier molecular flexibility index (Phi) is 9.51. The molecule has 2 N–H and O–H groups in total. The molecule has 0 radical (unpaired) electrons. The Morgan fingerprint density at radius 1 is 1.03 bits per heavy atom. The number of hydrogen-bond donors (Lipinski definition) is 2. The maximum absolute atomic E-state index is 12.6. The maximum Gasteiger partial charge on any atom is 0.271 e. The summed E-state index contributed by atoms with van der Waals surface area (Å²) in [5, 5.41) is 26.1. The van der Waals surface area contributed by atoms with E-state index in [0.29, 0.717) is 16.3 Å². The van der Waals surface area contributed by atoms with E-state index in [2.05, 4.69) is 10.6 Å². The van der Waals surface area contributed by atoms with Gasteiger partial charge in [0, 0.05) is 23.5 Å². The van der Waals surface area contributed by atoms with Gasteiger partial charge in [-0.05, 0) is 48.0 Å². The Bertz CT molecular complexity index is 1490. The van der Waals surface area contributed by atoms with Gasteiger partial charge in [0.25, 0.3) is 17.5 Å². The van der Waals surface area contributed by atoms with Crippen LogP contribution < -0.4 is 20.1 Å². The number of ether oxygens (including phenoxy) is 2. The molecule has 10 nitrogen and oxygen atoms in total. The van der Waals surface area contributed by atoms with Gasteiger partial charge in [0.1, 0.15) is 11.6 Å². The first-order chi connectivity index (χ1) is 18.1. The van der Waals surface area contributed by atoms with Gasteiger partial charge < -0.3 is 20.1 Å². The zero-order valence-electron chi connectivity index (χ0n) is 19.5. The fraction of sp³-hybridized carbons (Fsp3) is 0.0800. The monoisotopic (exact) mass is 574 g/mol. The van der Waals surface area contributed by atoms with Crippen molar-refractivity contribution in [2.75, 3.05) is 24.4 Å². The van der Waals surface area contributed by atoms with E-state index in [0.717, 1.165) is 6.07 Å². The second-order valence-corrected chi connectivity index (χ2v) is 8.65. The molecule has 0 aliphatic heterocycles. The van der Waals surface area contributed by atoms with Crippen LogP contribution >= 0.6 is 34.8 Å². The smallest absolute Gasteiger partial charge is 0.271 e. The second kappa shape index (κ2) is 12.8. The van der Waals surface area contributed by atoms with E-state index >= 15 is 0 Å². The van der Waals surface area contributed by atoms with Crippen LogP contribution in [-0.4, -0.2) is 30.5 Å². The van der Waals surface area contributed by atoms with Gasteiger partial charge in [-0.3, -0.25) is 19.7 Å². The number of nitrogens with one attached hydrogen (secondary N) is 2. The number of halogens is 3. The summed E-state index contributed by atoms with van der Waals surface area (Å²) in [5.41, 5.74) is 0.361. The summed E-state index contributed by atoms with van der Waals surface area (Å²) in [6, 6.07) is 14.5. The standard InChI is InChI=1S/C25H17Cl3N4O6/c1-37-22-9-14(7-15(12-29)25(34)31-16-3-2-4-18(10-16)32(35)36)8-21(28)24(22)38-13-23(33)30-17-5-6-19(26)20(27)11-17/h2-11H,13H2,1H3,(H,30,33)(H,31,34)/b15-7-. The number of benzene rings is 3. The van der Waals surface area contributed by atoms with Crippen molar-refractivity contribution in [2.24, 2.45) is 0 Å². The average molecular weight is 576 g/mol. The first kappa shape index (κ1) is 28.3. The highest BCUT2D eigenvalue weighted by Gasteiger charge is 2.16. The summed E-state index contributed by atoms with van der Waals surface area (Å²) in [4.78, 5) is 35.2. The summed E-state index contributed by atoms with van der Waals surface area (Å²) in [5.74, 6) is -1.09. The fourth-order valence-corrected chi connectivity index (χ4v) is 3.65. The number of amides is 2. The van der Waals surface area contributed by atoms with Crippen molar-refractivity contribution >= 4 is 69.8 Å². The maximum atomic E-state index is 12.6. The zero-order chi connectivity index (χ0) is 27.8. The third-order valence-corrected chi connectivity index (χ3v) is 5.81. The van der Waals surface area contributed by atoms with Crippen LogP contribution in [0.1, 0.15) is 5.56 Å². The molecular formula is C25H17Cl3N4O6. The molecule has 0 aromatic heterocycles. The number of anilines is 2. The van der Waals surface area contributed by atoms with Crippen LogP contribution in [0.5, 0.6) is 11.5 Å². The minimum absolute atomic E-state index is 0.0503. The van der Waals surface area contributed by atoms with E-state index in [4.69, 9.17) is 44.3 Å². The lowest BCUT2D eigenvalue weighted by Crippen LogP contribution is -2.20. The van der Waals surface area contributed by atoms with E-state index in [1.165, 1.54) is 55.7 Å². The van der Waals surface area contributed by atoms with Crippen molar-refractivity contribution in [1.29, 1.82) is 5.26 Å². The second-order valence-electron chi connectivity index (χ2n) is 7.43. The Hall–Kier alpha value is -4.30. The molecule has 194 valence electrons. The molecule has 0 saturated carbocycles. The van der Waals surface area contributed by atoms with Crippen LogP contribution in [0.2, 0.25) is 15.1 Å². The highest BCUT2D eigenvalue weighted by Crippen LogP contribution is 2.37. The van der Waals surface area contributed by atoms with E-state index in [9.17, 15) is 25.0 Å². The van der Waals surface area contributed by atoms with Crippen LogP contribution in [0.15, 0.2) is 60.2 Å². The van der Waals surface area contributed by atoms with Crippen molar-refractivity contribution in [1.82, 2.24) is 0 Å². The number of nitrogens with zero attached hydrogens (tertiary/aromatic N) is 2. The van der Waals surface area contributed by atoms with Gasteiger partial charge in [-0.1, -0.05) is 40.9 Å².